The van der Waals surface area contributed by atoms with E-state index in [1.807, 2.05) is 0 Å². The van der Waals surface area contributed by atoms with Crippen LogP contribution in [0.15, 0.2) is 0 Å². The molecule has 0 amide bonds. The van der Waals surface area contributed by atoms with E-state index in [0.29, 0.717) is 0 Å². The van der Waals surface area contributed by atoms with Crippen molar-refractivity contribution in [1.29, 1.82) is 0 Å². The zero-order valence-electron chi connectivity index (χ0n) is 8.27. The van der Waals surface area contributed by atoms with E-state index < -0.39 is 5.97 Å². The molecule has 0 aliphatic carbocycles. The van der Waals surface area contributed by atoms with E-state index in [9.17, 15) is 0 Å². The minimum absolute atomic E-state index is 0. The van der Waals surface area contributed by atoms with Crippen molar-refractivity contribution in [1.82, 2.24) is 5.32 Å². The second-order valence-electron chi connectivity index (χ2n) is 1.48. The Kier molecular flexibility index (Phi) is 28.6. The molecule has 0 rings (SSSR count). The molecule has 0 atom stereocenters. The summed E-state index contributed by atoms with van der Waals surface area (Å²) in [5.74, 6) is -0.833. The van der Waals surface area contributed by atoms with Gasteiger partial charge in [0, 0.05) is 6.92 Å². The Bertz CT molecular complexity index is 67.6. The average Bonchev–Trinajstić information content (AvgIpc) is 1.66. The summed E-state index contributed by atoms with van der Waals surface area (Å²) in [6, 6.07) is 0. The van der Waals surface area contributed by atoms with Crippen molar-refractivity contribution in [2.45, 2.75) is 20.8 Å². The first-order valence-electron chi connectivity index (χ1n) is 3.05. The van der Waals surface area contributed by atoms with Gasteiger partial charge < -0.3 is 11.8 Å². The van der Waals surface area contributed by atoms with Gasteiger partial charge in [0.15, 0.2) is 0 Å². The van der Waals surface area contributed by atoms with E-state index in [-0.39, 0.29) is 52.8 Å². The molecule has 0 heterocycles. The smallest absolute Gasteiger partial charge is 1.00 e. The number of carbonyl (C=O) groups is 1. The SMILES string of the molecule is CC(=O)O.CCNCC.[H-].[K+]. The van der Waals surface area contributed by atoms with Crippen LogP contribution in [-0.2, 0) is 4.79 Å². The molecule has 2 N–H and O–H groups in total. The van der Waals surface area contributed by atoms with Gasteiger partial charge >= 0.3 is 51.4 Å². The Morgan fingerprint density at radius 3 is 1.70 bits per heavy atom. The fourth-order valence-corrected chi connectivity index (χ4v) is 0.250. The molecular formula is C6H16KNO2. The predicted octanol–water partition coefficient (Wildman–Crippen LogP) is -2.18. The van der Waals surface area contributed by atoms with Gasteiger partial charge in [-0.2, -0.15) is 0 Å². The molecule has 3 nitrogen and oxygen atoms in total. The van der Waals surface area contributed by atoms with Crippen molar-refractivity contribution in [3.63, 3.8) is 0 Å². The fourth-order valence-electron chi connectivity index (χ4n) is 0.250. The third kappa shape index (κ3) is 62.7. The van der Waals surface area contributed by atoms with Crippen LogP contribution >= 0.6 is 0 Å². The standard InChI is InChI=1S/C4H11N.C2H4O2.K.H/c1-3-5-4-2;1-2(3)4;;/h5H,3-4H2,1-2H3;1H3,(H,3,4);;/q;;+1;-1. The van der Waals surface area contributed by atoms with E-state index in [2.05, 4.69) is 19.2 Å². The quantitative estimate of drug-likeness (QED) is 0.467. The molecule has 0 fully saturated rings. The number of carboxylic acids is 1. The van der Waals surface area contributed by atoms with Crippen molar-refractivity contribution in [2.75, 3.05) is 13.1 Å². The van der Waals surface area contributed by atoms with E-state index in [1.165, 1.54) is 0 Å². The number of rotatable bonds is 2. The Morgan fingerprint density at radius 2 is 1.70 bits per heavy atom. The van der Waals surface area contributed by atoms with Crippen molar-refractivity contribution in [2.24, 2.45) is 0 Å². The number of hydrogen-bond acceptors (Lipinski definition) is 2. The summed E-state index contributed by atoms with van der Waals surface area (Å²) in [5, 5.41) is 10.5. The number of hydrogen-bond donors (Lipinski definition) is 2. The number of carboxylic acid groups (broad SMARTS) is 1. The second-order valence-corrected chi connectivity index (χ2v) is 1.48. The van der Waals surface area contributed by atoms with Crippen LogP contribution in [0.1, 0.15) is 22.2 Å². The van der Waals surface area contributed by atoms with Crippen molar-refractivity contribution < 1.29 is 62.7 Å². The van der Waals surface area contributed by atoms with Crippen LogP contribution in [-0.4, -0.2) is 24.2 Å². The molecule has 0 unspecified atom stereocenters. The second kappa shape index (κ2) is 16.6. The van der Waals surface area contributed by atoms with Crippen LogP contribution in [0.5, 0.6) is 0 Å². The molecule has 0 aliphatic heterocycles. The Labute approximate surface area is 106 Å². The summed E-state index contributed by atoms with van der Waals surface area (Å²) in [7, 11) is 0. The van der Waals surface area contributed by atoms with Gasteiger partial charge in [-0.1, -0.05) is 13.8 Å². The molecule has 10 heavy (non-hydrogen) atoms. The zero-order chi connectivity index (χ0) is 7.70. The molecule has 0 aromatic rings. The van der Waals surface area contributed by atoms with Gasteiger partial charge in [0.1, 0.15) is 0 Å². The van der Waals surface area contributed by atoms with Crippen LogP contribution in [0.2, 0.25) is 0 Å². The van der Waals surface area contributed by atoms with Gasteiger partial charge in [-0.3, -0.25) is 4.79 Å². The Balaban J connectivity index is -0.0000000383. The van der Waals surface area contributed by atoms with E-state index in [1.54, 1.807) is 0 Å². The van der Waals surface area contributed by atoms with Crippen LogP contribution < -0.4 is 56.7 Å². The van der Waals surface area contributed by atoms with Crippen LogP contribution in [0.4, 0.5) is 0 Å². The van der Waals surface area contributed by atoms with E-state index in [4.69, 9.17) is 9.90 Å². The first kappa shape index (κ1) is 17.2. The third-order valence-electron chi connectivity index (χ3n) is 0.500. The molecule has 0 bridgehead atoms. The van der Waals surface area contributed by atoms with Gasteiger partial charge in [0.05, 0.1) is 0 Å². The van der Waals surface area contributed by atoms with Gasteiger partial charge in [-0.25, -0.2) is 0 Å². The molecular weight excluding hydrogens is 157 g/mol. The molecule has 0 aliphatic rings. The summed E-state index contributed by atoms with van der Waals surface area (Å²) in [4.78, 5) is 9.00. The Hall–Kier alpha value is 1.07. The first-order valence-corrected chi connectivity index (χ1v) is 3.05. The minimum atomic E-state index is -0.833. The minimum Gasteiger partial charge on any atom is -1.00 e. The molecule has 0 aromatic carbocycles. The van der Waals surface area contributed by atoms with Crippen LogP contribution in [0.25, 0.3) is 0 Å². The predicted molar refractivity (Wildman–Crippen MR) is 38.6 cm³/mol. The average molecular weight is 173 g/mol. The van der Waals surface area contributed by atoms with Crippen molar-refractivity contribution in [3.05, 3.63) is 0 Å². The maximum atomic E-state index is 9.00. The number of aliphatic carboxylic acids is 1. The van der Waals surface area contributed by atoms with Crippen molar-refractivity contribution >= 4 is 5.97 Å². The molecule has 58 valence electrons. The molecule has 4 heteroatoms. The molecule has 0 saturated heterocycles. The fraction of sp³-hybridized carbons (Fsp3) is 0.833. The van der Waals surface area contributed by atoms with Gasteiger partial charge in [-0.15, -0.1) is 0 Å². The van der Waals surface area contributed by atoms with Gasteiger partial charge in [-0.05, 0) is 13.1 Å². The summed E-state index contributed by atoms with van der Waals surface area (Å²) in [6.45, 7) is 7.47. The largest absolute Gasteiger partial charge is 1.00 e. The van der Waals surface area contributed by atoms with Crippen molar-refractivity contribution in [3.8, 4) is 0 Å². The van der Waals surface area contributed by atoms with Gasteiger partial charge in [0.2, 0.25) is 0 Å². The molecule has 0 spiro atoms. The van der Waals surface area contributed by atoms with Crippen LogP contribution in [0.3, 0.4) is 0 Å². The van der Waals surface area contributed by atoms with Gasteiger partial charge in [0.25, 0.3) is 5.97 Å². The maximum Gasteiger partial charge on any atom is 1.00 e. The number of nitrogens with one attached hydrogen (secondary N) is 1. The first-order chi connectivity index (χ1) is 4.15. The summed E-state index contributed by atoms with van der Waals surface area (Å²) >= 11 is 0. The maximum absolute atomic E-state index is 9.00. The van der Waals surface area contributed by atoms with E-state index in [0.717, 1.165) is 20.0 Å². The van der Waals surface area contributed by atoms with Crippen LogP contribution in [0, 0.1) is 0 Å². The zero-order valence-corrected chi connectivity index (χ0v) is 10.4. The third-order valence-corrected chi connectivity index (χ3v) is 0.500. The molecule has 0 radical (unpaired) electrons. The van der Waals surface area contributed by atoms with E-state index >= 15 is 0 Å². The summed E-state index contributed by atoms with van der Waals surface area (Å²) in [5.41, 5.74) is 0. The molecule has 0 saturated carbocycles. The molecule has 0 aromatic heterocycles. The Morgan fingerprint density at radius 1 is 1.50 bits per heavy atom. The monoisotopic (exact) mass is 173 g/mol. The topological polar surface area (TPSA) is 49.3 Å². The summed E-state index contributed by atoms with van der Waals surface area (Å²) in [6.07, 6.45) is 0. The normalized spacial score (nSPS) is 6.70. The summed E-state index contributed by atoms with van der Waals surface area (Å²) < 4.78 is 0.